The minimum atomic E-state index is -2.52. The van der Waals surface area contributed by atoms with Gasteiger partial charge in [-0.2, -0.15) is 18.1 Å². The van der Waals surface area contributed by atoms with Crippen LogP contribution in [0.3, 0.4) is 0 Å². The zero-order valence-corrected chi connectivity index (χ0v) is 25.0. The van der Waals surface area contributed by atoms with Gasteiger partial charge in [0.05, 0.1) is 0 Å². The molecule has 0 saturated heterocycles. The molecule has 11 nitrogen and oxygen atoms in total. The Morgan fingerprint density at radius 2 is 0.719 bits per heavy atom. The van der Waals surface area contributed by atoms with Gasteiger partial charge in [-0.3, -0.25) is 35.6 Å². The van der Waals surface area contributed by atoms with Gasteiger partial charge >= 0.3 is 0 Å². The molecule has 0 amide bonds. The maximum atomic E-state index is 5.57. The summed E-state index contributed by atoms with van der Waals surface area (Å²) in [5.41, 5.74) is 0. The Kier molecular flexibility index (Phi) is 14.3. The highest BCUT2D eigenvalue weighted by atomic mass is 31.3. The van der Waals surface area contributed by atoms with Crippen LogP contribution in [-0.2, 0) is 0 Å². The normalized spacial score (nSPS) is 23.8. The minimum Gasteiger partial charge on any atom is -0.266 e. The lowest BCUT2D eigenvalue weighted by atomic mass is 10.6. The molecule has 0 saturated carbocycles. The summed E-state index contributed by atoms with van der Waals surface area (Å²) in [4.78, 5) is 0. The van der Waals surface area contributed by atoms with Crippen molar-refractivity contribution in [3.8, 4) is 0 Å². The van der Waals surface area contributed by atoms with Crippen LogP contribution in [0, 0.1) is 0 Å². The number of nitrogens with one attached hydrogen (secondary N) is 7. The van der Waals surface area contributed by atoms with Crippen molar-refractivity contribution in [3.63, 3.8) is 0 Å². The van der Waals surface area contributed by atoms with Crippen LogP contribution in [0.15, 0.2) is 18.1 Å². The summed E-state index contributed by atoms with van der Waals surface area (Å²) < 4.78 is 22.1. The molecule has 0 aromatic carbocycles. The molecule has 192 valence electrons. The first-order chi connectivity index (χ1) is 15.3. The topological polar surface area (TPSA) is 134 Å². The third-order valence-corrected chi connectivity index (χ3v) is 19.3. The molecule has 0 spiro atoms. The van der Waals surface area contributed by atoms with Gasteiger partial charge in [-0.25, -0.2) is 0 Å². The van der Waals surface area contributed by atoms with E-state index in [2.05, 4.69) is 91.0 Å². The molecule has 0 aromatic heterocycles. The van der Waals surface area contributed by atoms with E-state index in [9.17, 15) is 0 Å². The Morgan fingerprint density at radius 1 is 0.406 bits per heavy atom. The maximum absolute atomic E-state index is 5.57. The van der Waals surface area contributed by atoms with E-state index < -0.39 is 29.9 Å². The Hall–Kier alpha value is 0.640. The van der Waals surface area contributed by atoms with E-state index in [1.54, 1.807) is 0 Å². The van der Waals surface area contributed by atoms with Crippen molar-refractivity contribution in [2.24, 2.45) is 18.1 Å². The number of nitrogens with zero attached hydrogens (tertiary/aromatic N) is 4. The second kappa shape index (κ2) is 14.9. The predicted octanol–water partition coefficient (Wildman–Crippen LogP) is 5.55. The van der Waals surface area contributed by atoms with E-state index in [0.717, 1.165) is 58.4 Å². The van der Waals surface area contributed by atoms with Crippen LogP contribution in [-0.4, -0.2) is 52.0 Å². The molecule has 0 aromatic rings. The Morgan fingerprint density at radius 3 is 1.03 bits per heavy atom. The summed E-state index contributed by atoms with van der Waals surface area (Å²) in [5.74, 6) is 0. The van der Waals surface area contributed by atoms with Gasteiger partial charge in [0, 0.05) is 45.4 Å². The molecule has 15 heteroatoms. The molecule has 7 N–H and O–H groups in total. The summed E-state index contributed by atoms with van der Waals surface area (Å²) >= 11 is 0. The first-order valence-corrected chi connectivity index (χ1v) is 19.1. The summed E-state index contributed by atoms with van der Waals surface area (Å²) in [6, 6.07) is 0. The molecule has 1 aliphatic rings. The second-order valence-electron chi connectivity index (χ2n) is 7.20. The molecule has 1 aliphatic heterocycles. The molecular weight excluding hydrogens is 482 g/mol. The fraction of sp³-hybridized carbons (Fsp3) is 1.00. The van der Waals surface area contributed by atoms with Crippen molar-refractivity contribution in [1.29, 1.82) is 0 Å². The Bertz CT molecular complexity index is 590. The Labute approximate surface area is 197 Å². The minimum absolute atomic E-state index is 0.757. The molecule has 1 heterocycles. The fourth-order valence-electron chi connectivity index (χ4n) is 3.54. The zero-order chi connectivity index (χ0) is 24.1. The number of hydrogen-bond donors (Lipinski definition) is 7. The van der Waals surface area contributed by atoms with Gasteiger partial charge in [-0.15, -0.1) is 0 Å². The van der Waals surface area contributed by atoms with Crippen LogP contribution in [0.5, 0.6) is 0 Å². The summed E-state index contributed by atoms with van der Waals surface area (Å²) in [6.07, 6.45) is 1.88. The molecular formula is C17H49N11P4. The summed E-state index contributed by atoms with van der Waals surface area (Å²) in [5, 5.41) is 25.6. The highest BCUT2D eigenvalue weighted by Gasteiger charge is 2.35. The van der Waals surface area contributed by atoms with E-state index in [4.69, 9.17) is 18.1 Å². The molecule has 0 aliphatic carbocycles. The van der Waals surface area contributed by atoms with Gasteiger partial charge < -0.3 is 0 Å². The molecule has 1 unspecified atom stereocenters. The number of hydrogen-bond acceptors (Lipinski definition) is 11. The van der Waals surface area contributed by atoms with Crippen LogP contribution in [0.25, 0.3) is 0 Å². The lowest BCUT2D eigenvalue weighted by Crippen LogP contribution is -2.29. The van der Waals surface area contributed by atoms with Crippen molar-refractivity contribution in [1.82, 2.24) is 35.6 Å². The molecule has 0 bridgehead atoms. The van der Waals surface area contributed by atoms with Crippen LogP contribution in [0.1, 0.15) is 61.8 Å². The van der Waals surface area contributed by atoms with E-state index in [-0.39, 0.29) is 0 Å². The third kappa shape index (κ3) is 8.39. The maximum Gasteiger partial charge on any atom is 0.215 e. The SMILES string of the molecule is CCCP1(NCC)=NP(NCC)(NCC)=NP(NCC)(NCC)=NP(NCC)(NCC)=N1. The quantitative estimate of drug-likeness (QED) is 0.130. The monoisotopic (exact) mass is 531 g/mol. The van der Waals surface area contributed by atoms with Crippen molar-refractivity contribution in [2.75, 3.05) is 52.0 Å². The van der Waals surface area contributed by atoms with Crippen LogP contribution in [0.4, 0.5) is 0 Å². The fourth-order valence-corrected chi connectivity index (χ4v) is 20.4. The predicted molar refractivity (Wildman–Crippen MR) is 148 cm³/mol. The van der Waals surface area contributed by atoms with Gasteiger partial charge in [0.1, 0.15) is 7.36 Å². The van der Waals surface area contributed by atoms with Crippen LogP contribution in [0.2, 0.25) is 0 Å². The van der Waals surface area contributed by atoms with Gasteiger partial charge in [0.25, 0.3) is 0 Å². The van der Waals surface area contributed by atoms with Crippen molar-refractivity contribution >= 4 is 29.9 Å². The summed E-state index contributed by atoms with van der Waals surface area (Å²) in [6.45, 7) is 22.4. The first-order valence-electron chi connectivity index (χ1n) is 12.1. The highest BCUT2D eigenvalue weighted by molar-refractivity contribution is 7.84. The van der Waals surface area contributed by atoms with Gasteiger partial charge in [-0.1, -0.05) is 55.4 Å². The lowest BCUT2D eigenvalue weighted by Gasteiger charge is -2.37. The average molecular weight is 532 g/mol. The standard InChI is InChI=1S/C17H49N11P4/c1-9-17-29(18-10-2)25-30(19-11-3,20-12-4)27-32(23-15-7,24-16-8)28-31(26-29,21-13-5)22-14-6/h18-24H,9-17H2,1-8H3. The smallest absolute Gasteiger partial charge is 0.215 e. The molecule has 1 atom stereocenters. The van der Waals surface area contributed by atoms with E-state index in [0.29, 0.717) is 0 Å². The van der Waals surface area contributed by atoms with Gasteiger partial charge in [-0.05, 0) is 13.0 Å². The second-order valence-corrected chi connectivity index (χ2v) is 17.8. The average Bonchev–Trinajstić information content (AvgIpc) is 2.68. The van der Waals surface area contributed by atoms with E-state index in [1.165, 1.54) is 0 Å². The summed E-state index contributed by atoms with van der Waals surface area (Å²) in [7, 11) is -9.77. The molecule has 1 rings (SSSR count). The molecule has 0 radical (unpaired) electrons. The molecule has 0 fully saturated rings. The van der Waals surface area contributed by atoms with E-state index in [1.807, 2.05) is 0 Å². The number of rotatable bonds is 16. The largest absolute Gasteiger partial charge is 0.266 e. The van der Waals surface area contributed by atoms with Crippen molar-refractivity contribution in [3.05, 3.63) is 0 Å². The van der Waals surface area contributed by atoms with Crippen LogP contribution < -0.4 is 35.6 Å². The van der Waals surface area contributed by atoms with Gasteiger partial charge in [0.2, 0.25) is 22.5 Å². The van der Waals surface area contributed by atoms with Gasteiger partial charge in [0.15, 0.2) is 0 Å². The Balaban J connectivity index is 4.24. The first kappa shape index (κ1) is 30.7. The highest BCUT2D eigenvalue weighted by Crippen LogP contribution is 2.72. The van der Waals surface area contributed by atoms with Crippen molar-refractivity contribution < 1.29 is 0 Å². The lowest BCUT2D eigenvalue weighted by molar-refractivity contribution is 0.897. The molecule has 32 heavy (non-hydrogen) atoms. The third-order valence-electron chi connectivity index (χ3n) is 4.29. The van der Waals surface area contributed by atoms with Crippen molar-refractivity contribution in [2.45, 2.75) is 61.8 Å². The zero-order valence-electron chi connectivity index (χ0n) is 21.4. The van der Waals surface area contributed by atoms with E-state index >= 15 is 0 Å². The van der Waals surface area contributed by atoms with Crippen LogP contribution >= 0.6 is 29.9 Å².